The molecule has 1 aromatic rings. The number of methoxy groups -OCH3 is 1. The lowest BCUT2D eigenvalue weighted by molar-refractivity contribution is -0.101. The van der Waals surface area contributed by atoms with Crippen LogP contribution in [-0.2, 0) is 23.3 Å². The van der Waals surface area contributed by atoms with Crippen LogP contribution in [0.4, 0.5) is 0 Å². The van der Waals surface area contributed by atoms with Gasteiger partial charge in [-0.3, -0.25) is 18.9 Å². The molecule has 2 heterocycles. The number of phosphoric acid groups is 1. The molecule has 0 spiro atoms. The number of nitrogens with zero attached hydrogens (tertiary/aromatic N) is 1. The van der Waals surface area contributed by atoms with Gasteiger partial charge in [-0.2, -0.15) is 0 Å². The van der Waals surface area contributed by atoms with Crippen molar-refractivity contribution in [1.82, 2.24) is 9.55 Å². The molecule has 1 saturated heterocycles. The maximum atomic E-state index is 12.1. The minimum Gasteiger partial charge on any atom is -0.374 e. The van der Waals surface area contributed by atoms with Gasteiger partial charge in [-0.05, 0) is 20.8 Å². The van der Waals surface area contributed by atoms with Crippen molar-refractivity contribution in [3.8, 4) is 0 Å². The molecule has 0 bridgehead atoms. The molecular weight excluding hydrogens is 371 g/mol. The van der Waals surface area contributed by atoms with Gasteiger partial charge in [0.2, 0.25) is 0 Å². The maximum absolute atomic E-state index is 12.1. The minimum atomic E-state index is -4.76. The van der Waals surface area contributed by atoms with Crippen LogP contribution in [0.1, 0.15) is 27.0 Å². The fourth-order valence-corrected chi connectivity index (χ4v) is 3.44. The van der Waals surface area contributed by atoms with E-state index in [1.54, 1.807) is 13.8 Å². The molecule has 1 aliphatic rings. The molecule has 11 nitrogen and oxygen atoms in total. The van der Waals surface area contributed by atoms with Gasteiger partial charge in [0.25, 0.3) is 5.56 Å². The molecular formula is C14H23N2O9P. The minimum absolute atomic E-state index is 0.253. The molecule has 0 aliphatic carbocycles. The van der Waals surface area contributed by atoms with Crippen LogP contribution in [0.3, 0.4) is 0 Å². The molecule has 2 rings (SSSR count). The summed E-state index contributed by atoms with van der Waals surface area (Å²) in [5, 5.41) is 0. The summed E-state index contributed by atoms with van der Waals surface area (Å²) in [6.07, 6.45) is -3.53. The summed E-state index contributed by atoms with van der Waals surface area (Å²) in [6, 6.07) is 1.15. The molecule has 1 aliphatic heterocycles. The van der Waals surface area contributed by atoms with E-state index >= 15 is 0 Å². The van der Waals surface area contributed by atoms with Crippen molar-refractivity contribution in [2.24, 2.45) is 0 Å². The zero-order chi connectivity index (χ0) is 19.6. The summed E-state index contributed by atoms with van der Waals surface area (Å²) in [4.78, 5) is 43.6. The standard InChI is InChI=1S/C14H23N2O9P/c1-7(2)23-11-10(8(3)25-26(19,20)21)24-13(12(11)22-4)16-6-5-9(17)15-14(16)18/h5-8,10-13H,1-4H3,(H,15,17,18)(H2,19,20,21)/t8-,10-,11?,12?,13-/m1/s1. The zero-order valence-corrected chi connectivity index (χ0v) is 15.7. The van der Waals surface area contributed by atoms with Gasteiger partial charge in [0.05, 0.1) is 12.2 Å². The van der Waals surface area contributed by atoms with Crippen LogP contribution >= 0.6 is 7.82 Å². The van der Waals surface area contributed by atoms with Crippen LogP contribution in [0.2, 0.25) is 0 Å². The number of aromatic nitrogens is 2. The van der Waals surface area contributed by atoms with E-state index in [-0.39, 0.29) is 6.10 Å². The normalized spacial score (nSPS) is 27.8. The zero-order valence-electron chi connectivity index (χ0n) is 14.8. The van der Waals surface area contributed by atoms with Crippen LogP contribution in [0.15, 0.2) is 21.9 Å². The number of ether oxygens (including phenoxy) is 3. The van der Waals surface area contributed by atoms with Crippen molar-refractivity contribution in [3.63, 3.8) is 0 Å². The van der Waals surface area contributed by atoms with Crippen LogP contribution in [0, 0.1) is 0 Å². The Balaban J connectivity index is 2.40. The second kappa shape index (κ2) is 8.13. The fraction of sp³-hybridized carbons (Fsp3) is 0.714. The van der Waals surface area contributed by atoms with E-state index in [9.17, 15) is 14.2 Å². The summed E-state index contributed by atoms with van der Waals surface area (Å²) in [6.45, 7) is 4.97. The highest BCUT2D eigenvalue weighted by Gasteiger charge is 2.50. The van der Waals surface area contributed by atoms with Crippen molar-refractivity contribution >= 4 is 7.82 Å². The van der Waals surface area contributed by atoms with Crippen molar-refractivity contribution in [2.75, 3.05) is 7.11 Å². The van der Waals surface area contributed by atoms with Crippen LogP contribution in [-0.4, -0.2) is 57.0 Å². The van der Waals surface area contributed by atoms with Gasteiger partial charge in [0.1, 0.15) is 18.3 Å². The number of nitrogens with one attached hydrogen (secondary N) is 1. The first-order chi connectivity index (χ1) is 12.0. The predicted octanol–water partition coefficient (Wildman–Crippen LogP) is -0.260. The Morgan fingerprint density at radius 1 is 1.27 bits per heavy atom. The van der Waals surface area contributed by atoms with Crippen LogP contribution < -0.4 is 11.2 Å². The third kappa shape index (κ3) is 4.89. The van der Waals surface area contributed by atoms with Gasteiger partial charge in [0.15, 0.2) is 6.23 Å². The van der Waals surface area contributed by atoms with Gasteiger partial charge in [-0.1, -0.05) is 0 Å². The lowest BCUT2D eigenvalue weighted by atomic mass is 10.1. The summed E-state index contributed by atoms with van der Waals surface area (Å²) >= 11 is 0. The van der Waals surface area contributed by atoms with Crippen LogP contribution in [0.5, 0.6) is 0 Å². The lowest BCUT2D eigenvalue weighted by Gasteiger charge is -2.28. The molecule has 3 N–H and O–H groups in total. The third-order valence-corrected chi connectivity index (χ3v) is 4.43. The Hall–Kier alpha value is -1.33. The fourth-order valence-electron chi connectivity index (χ4n) is 2.89. The number of rotatable bonds is 7. The Labute approximate surface area is 149 Å². The van der Waals surface area contributed by atoms with E-state index in [1.165, 1.54) is 20.2 Å². The van der Waals surface area contributed by atoms with Gasteiger partial charge in [-0.25, -0.2) is 9.36 Å². The first-order valence-electron chi connectivity index (χ1n) is 7.92. The molecule has 0 aromatic carbocycles. The molecule has 12 heteroatoms. The summed E-state index contributed by atoms with van der Waals surface area (Å²) in [5.41, 5.74) is -1.28. The average molecular weight is 394 g/mol. The third-order valence-electron chi connectivity index (χ3n) is 3.82. The largest absolute Gasteiger partial charge is 0.469 e. The van der Waals surface area contributed by atoms with Crippen molar-refractivity contribution in [2.45, 2.75) is 57.5 Å². The molecule has 1 aromatic heterocycles. The highest BCUT2D eigenvalue weighted by molar-refractivity contribution is 7.46. The number of H-pyrrole nitrogens is 1. The first kappa shape index (κ1) is 21.0. The van der Waals surface area contributed by atoms with Gasteiger partial charge >= 0.3 is 13.5 Å². The maximum Gasteiger partial charge on any atom is 0.469 e. The highest BCUT2D eigenvalue weighted by atomic mass is 31.2. The molecule has 0 amide bonds. The number of aromatic amines is 1. The Bertz CT molecular complexity index is 770. The van der Waals surface area contributed by atoms with E-state index in [2.05, 4.69) is 4.98 Å². The average Bonchev–Trinajstić information content (AvgIpc) is 2.83. The van der Waals surface area contributed by atoms with E-state index in [0.29, 0.717) is 0 Å². The SMILES string of the molecule is COC1C(OC(C)C)[C@@H]([C@@H](C)OP(=O)(O)O)O[C@H]1n1ccc(=O)[nH]c1=O. The Kier molecular flexibility index (Phi) is 6.56. The van der Waals surface area contributed by atoms with Crippen molar-refractivity contribution in [3.05, 3.63) is 33.1 Å². The van der Waals surface area contributed by atoms with Crippen molar-refractivity contribution < 1.29 is 33.1 Å². The lowest BCUT2D eigenvalue weighted by Crippen LogP contribution is -2.43. The van der Waals surface area contributed by atoms with Gasteiger partial charge in [-0.15, -0.1) is 0 Å². The van der Waals surface area contributed by atoms with Crippen LogP contribution in [0.25, 0.3) is 0 Å². The van der Waals surface area contributed by atoms with E-state index < -0.39 is 49.7 Å². The second-order valence-electron chi connectivity index (χ2n) is 6.16. The Morgan fingerprint density at radius 2 is 1.92 bits per heavy atom. The quantitative estimate of drug-likeness (QED) is 0.532. The molecule has 26 heavy (non-hydrogen) atoms. The monoisotopic (exact) mass is 394 g/mol. The highest BCUT2D eigenvalue weighted by Crippen LogP contribution is 2.42. The molecule has 1 fully saturated rings. The summed E-state index contributed by atoms with van der Waals surface area (Å²) in [5.74, 6) is 0. The van der Waals surface area contributed by atoms with Crippen molar-refractivity contribution in [1.29, 1.82) is 0 Å². The molecule has 0 saturated carbocycles. The topological polar surface area (TPSA) is 149 Å². The molecule has 5 atom stereocenters. The molecule has 2 unspecified atom stereocenters. The predicted molar refractivity (Wildman–Crippen MR) is 88.6 cm³/mol. The molecule has 148 valence electrons. The smallest absolute Gasteiger partial charge is 0.374 e. The second-order valence-corrected chi connectivity index (χ2v) is 7.35. The number of hydrogen-bond acceptors (Lipinski definition) is 7. The summed E-state index contributed by atoms with van der Waals surface area (Å²) < 4.78 is 34.1. The van der Waals surface area contributed by atoms with Gasteiger partial charge < -0.3 is 24.0 Å². The number of phosphoric ester groups is 1. The molecule has 0 radical (unpaired) electrons. The number of hydrogen-bond donors (Lipinski definition) is 3. The first-order valence-corrected chi connectivity index (χ1v) is 9.45. The van der Waals surface area contributed by atoms with E-state index in [4.69, 9.17) is 28.5 Å². The summed E-state index contributed by atoms with van der Waals surface area (Å²) in [7, 11) is -3.37. The van der Waals surface area contributed by atoms with Gasteiger partial charge in [0, 0.05) is 19.4 Å². The van der Waals surface area contributed by atoms with E-state index in [0.717, 1.165) is 10.6 Å². The van der Waals surface area contributed by atoms with E-state index in [1.807, 2.05) is 0 Å². The Morgan fingerprint density at radius 3 is 2.42 bits per heavy atom.